The summed E-state index contributed by atoms with van der Waals surface area (Å²) in [5.41, 5.74) is 3.49. The van der Waals surface area contributed by atoms with E-state index in [4.69, 9.17) is 0 Å². The quantitative estimate of drug-likeness (QED) is 0.881. The van der Waals surface area contributed by atoms with Crippen LogP contribution in [0.15, 0.2) is 30.5 Å². The van der Waals surface area contributed by atoms with Gasteiger partial charge in [-0.3, -0.25) is 9.48 Å². The van der Waals surface area contributed by atoms with Crippen molar-refractivity contribution in [3.05, 3.63) is 52.8 Å². The first kappa shape index (κ1) is 16.2. The van der Waals surface area contributed by atoms with E-state index in [0.29, 0.717) is 12.1 Å². The first-order chi connectivity index (χ1) is 11.5. The van der Waals surface area contributed by atoms with E-state index >= 15 is 0 Å². The lowest BCUT2D eigenvalue weighted by Crippen LogP contribution is -2.33. The molecule has 1 aromatic carbocycles. The molecule has 1 aliphatic rings. The van der Waals surface area contributed by atoms with Gasteiger partial charge in [-0.15, -0.1) is 0 Å². The van der Waals surface area contributed by atoms with E-state index in [2.05, 4.69) is 10.4 Å². The third-order valence-electron chi connectivity index (χ3n) is 4.60. The van der Waals surface area contributed by atoms with Crippen molar-refractivity contribution in [2.45, 2.75) is 38.6 Å². The molecule has 3 rings (SSSR count). The number of fused-ring (bicyclic) bond motifs is 1. The van der Waals surface area contributed by atoms with Crippen LogP contribution >= 0.6 is 0 Å². The van der Waals surface area contributed by atoms with Gasteiger partial charge in [0, 0.05) is 24.4 Å². The molecule has 0 aliphatic heterocycles. The number of amides is 1. The van der Waals surface area contributed by atoms with Gasteiger partial charge in [0.15, 0.2) is 0 Å². The molecule has 0 saturated heterocycles. The van der Waals surface area contributed by atoms with Crippen LogP contribution in [0, 0.1) is 6.92 Å². The highest BCUT2D eigenvalue weighted by Gasteiger charge is 2.22. The maximum atomic E-state index is 12.1. The van der Waals surface area contributed by atoms with Gasteiger partial charge in [-0.1, -0.05) is 6.07 Å². The van der Waals surface area contributed by atoms with E-state index in [0.717, 1.165) is 30.5 Å². The van der Waals surface area contributed by atoms with Gasteiger partial charge in [0.1, 0.15) is 6.54 Å². The molecule has 1 aromatic heterocycles. The van der Waals surface area contributed by atoms with Gasteiger partial charge >= 0.3 is 5.97 Å². The van der Waals surface area contributed by atoms with Crippen molar-refractivity contribution in [3.8, 4) is 0 Å². The van der Waals surface area contributed by atoms with Gasteiger partial charge in [-0.2, -0.15) is 5.10 Å². The maximum absolute atomic E-state index is 12.1. The van der Waals surface area contributed by atoms with Gasteiger partial charge in [-0.05, 0) is 55.5 Å². The fourth-order valence-electron chi connectivity index (χ4n) is 3.24. The summed E-state index contributed by atoms with van der Waals surface area (Å²) in [7, 11) is 0. The zero-order valence-electron chi connectivity index (χ0n) is 13.7. The Hall–Kier alpha value is -2.63. The third-order valence-corrected chi connectivity index (χ3v) is 4.60. The van der Waals surface area contributed by atoms with Gasteiger partial charge in [0.25, 0.3) is 0 Å². The standard InChI is InChI=1S/C18H21N3O3/c1-12-7-8-20-21(12)11-17(22)19-10-15-4-2-3-13-5-6-14(18(23)24)9-16(13)15/h5-9,15H,2-4,10-11H2,1H3,(H,19,22)(H,23,24). The van der Waals surface area contributed by atoms with E-state index in [-0.39, 0.29) is 18.4 Å². The highest BCUT2D eigenvalue weighted by Crippen LogP contribution is 2.31. The summed E-state index contributed by atoms with van der Waals surface area (Å²) in [6, 6.07) is 7.17. The number of nitrogens with zero attached hydrogens (tertiary/aromatic N) is 2. The maximum Gasteiger partial charge on any atom is 0.335 e. The molecule has 126 valence electrons. The van der Waals surface area contributed by atoms with Crippen LogP contribution in [0.4, 0.5) is 0 Å². The minimum absolute atomic E-state index is 0.0803. The van der Waals surface area contributed by atoms with Gasteiger partial charge < -0.3 is 10.4 Å². The summed E-state index contributed by atoms with van der Waals surface area (Å²) in [5.74, 6) is -0.834. The number of aromatic carboxylic acids is 1. The molecule has 0 bridgehead atoms. The second kappa shape index (κ2) is 6.86. The molecule has 0 fully saturated rings. The Morgan fingerprint density at radius 3 is 2.92 bits per heavy atom. The second-order valence-electron chi connectivity index (χ2n) is 6.24. The second-order valence-corrected chi connectivity index (χ2v) is 6.24. The summed E-state index contributed by atoms with van der Waals surface area (Å²) < 4.78 is 1.66. The molecule has 6 heteroatoms. The minimum Gasteiger partial charge on any atom is -0.478 e. The molecule has 0 radical (unpaired) electrons. The van der Waals surface area contributed by atoms with Crippen LogP contribution in [0.5, 0.6) is 0 Å². The number of carboxylic acid groups (broad SMARTS) is 1. The van der Waals surface area contributed by atoms with Crippen LogP contribution in [0.3, 0.4) is 0 Å². The number of aromatic nitrogens is 2. The van der Waals surface area contributed by atoms with E-state index < -0.39 is 5.97 Å². The lowest BCUT2D eigenvalue weighted by atomic mass is 9.82. The van der Waals surface area contributed by atoms with Gasteiger partial charge in [-0.25, -0.2) is 4.79 Å². The largest absolute Gasteiger partial charge is 0.478 e. The third kappa shape index (κ3) is 3.48. The Morgan fingerprint density at radius 2 is 2.21 bits per heavy atom. The van der Waals surface area contributed by atoms with Crippen LogP contribution in [-0.4, -0.2) is 33.3 Å². The Labute approximate surface area is 140 Å². The zero-order chi connectivity index (χ0) is 17.1. The van der Waals surface area contributed by atoms with Crippen molar-refractivity contribution in [1.29, 1.82) is 0 Å². The number of nitrogens with one attached hydrogen (secondary N) is 1. The Morgan fingerprint density at radius 1 is 1.38 bits per heavy atom. The molecule has 1 heterocycles. The summed E-state index contributed by atoms with van der Waals surface area (Å²) >= 11 is 0. The molecule has 1 atom stereocenters. The number of rotatable bonds is 5. The fourth-order valence-corrected chi connectivity index (χ4v) is 3.24. The van der Waals surface area contributed by atoms with Crippen LogP contribution in [0.2, 0.25) is 0 Å². The van der Waals surface area contributed by atoms with Crippen molar-refractivity contribution in [3.63, 3.8) is 0 Å². The predicted molar refractivity (Wildman–Crippen MR) is 89.1 cm³/mol. The molecule has 0 spiro atoms. The average Bonchev–Trinajstić information content (AvgIpc) is 2.97. The van der Waals surface area contributed by atoms with Crippen molar-refractivity contribution in [2.75, 3.05) is 6.54 Å². The average molecular weight is 327 g/mol. The normalized spacial score (nSPS) is 16.5. The van der Waals surface area contributed by atoms with Crippen LogP contribution in [0.1, 0.15) is 45.9 Å². The Kier molecular flexibility index (Phi) is 4.64. The SMILES string of the molecule is Cc1ccnn1CC(=O)NCC1CCCc2ccc(C(=O)O)cc21. The van der Waals surface area contributed by atoms with Crippen molar-refractivity contribution >= 4 is 11.9 Å². The molecule has 2 N–H and O–H groups in total. The monoisotopic (exact) mass is 327 g/mol. The highest BCUT2D eigenvalue weighted by atomic mass is 16.4. The van der Waals surface area contributed by atoms with E-state index in [1.165, 1.54) is 5.56 Å². The molecule has 0 saturated carbocycles. The smallest absolute Gasteiger partial charge is 0.335 e. The summed E-state index contributed by atoms with van der Waals surface area (Å²) in [5, 5.41) is 16.2. The zero-order valence-corrected chi connectivity index (χ0v) is 13.7. The first-order valence-electron chi connectivity index (χ1n) is 8.16. The van der Waals surface area contributed by atoms with Crippen molar-refractivity contribution < 1.29 is 14.7 Å². The van der Waals surface area contributed by atoms with Crippen LogP contribution in [0.25, 0.3) is 0 Å². The molecule has 6 nitrogen and oxygen atoms in total. The molecule has 24 heavy (non-hydrogen) atoms. The van der Waals surface area contributed by atoms with Gasteiger partial charge in [0.2, 0.25) is 5.91 Å². The molecule has 1 amide bonds. The Balaban J connectivity index is 1.66. The van der Waals surface area contributed by atoms with Crippen molar-refractivity contribution in [2.24, 2.45) is 0 Å². The number of aryl methyl sites for hydroxylation is 2. The van der Waals surface area contributed by atoms with Gasteiger partial charge in [0.05, 0.1) is 5.56 Å². The topological polar surface area (TPSA) is 84.2 Å². The Bertz CT molecular complexity index is 767. The first-order valence-corrected chi connectivity index (χ1v) is 8.16. The van der Waals surface area contributed by atoms with Crippen molar-refractivity contribution in [1.82, 2.24) is 15.1 Å². The van der Waals surface area contributed by atoms with E-state index in [1.807, 2.05) is 19.1 Å². The summed E-state index contributed by atoms with van der Waals surface area (Å²) in [6.07, 6.45) is 4.65. The molecule has 1 unspecified atom stereocenters. The summed E-state index contributed by atoms with van der Waals surface area (Å²) in [6.45, 7) is 2.63. The lowest BCUT2D eigenvalue weighted by molar-refractivity contribution is -0.121. The minimum atomic E-state index is -0.916. The van der Waals surface area contributed by atoms with E-state index in [1.54, 1.807) is 23.0 Å². The number of carboxylic acids is 1. The molecular weight excluding hydrogens is 306 g/mol. The van der Waals surface area contributed by atoms with Crippen LogP contribution < -0.4 is 5.32 Å². The van der Waals surface area contributed by atoms with Crippen LogP contribution in [-0.2, 0) is 17.8 Å². The molecular formula is C18H21N3O3. The summed E-state index contributed by atoms with van der Waals surface area (Å²) in [4.78, 5) is 23.3. The molecule has 2 aromatic rings. The fraction of sp³-hybridized carbons (Fsp3) is 0.389. The number of hydrogen-bond donors (Lipinski definition) is 2. The highest BCUT2D eigenvalue weighted by molar-refractivity contribution is 5.88. The lowest BCUT2D eigenvalue weighted by Gasteiger charge is -2.26. The number of hydrogen-bond acceptors (Lipinski definition) is 3. The predicted octanol–water partition coefficient (Wildman–Crippen LogP) is 2.13. The number of benzene rings is 1. The number of carbonyl (C=O) groups excluding carboxylic acids is 1. The molecule has 1 aliphatic carbocycles. The van der Waals surface area contributed by atoms with E-state index in [9.17, 15) is 14.7 Å². The number of carbonyl (C=O) groups is 2.